The average molecular weight is 219 g/mol. The maximum atomic E-state index is 9.82. The van der Waals surface area contributed by atoms with Crippen LogP contribution in [0.3, 0.4) is 0 Å². The summed E-state index contributed by atoms with van der Waals surface area (Å²) in [5.74, 6) is -0.435. The predicted octanol–water partition coefficient (Wildman–Crippen LogP) is -0.184. The number of hydrogen-bond donors (Lipinski definition) is 3. The minimum absolute atomic E-state index is 0.125. The summed E-state index contributed by atoms with van der Waals surface area (Å²) in [6.07, 6.45) is 2.56. The van der Waals surface area contributed by atoms with Gasteiger partial charge in [-0.3, -0.25) is 4.79 Å². The van der Waals surface area contributed by atoms with Gasteiger partial charge >= 0.3 is 0 Å². The second-order valence-electron chi connectivity index (χ2n) is 2.91. The second-order valence-corrected chi connectivity index (χ2v) is 2.91. The highest BCUT2D eigenvalue weighted by molar-refractivity contribution is 5.90. The molecule has 1 aliphatic heterocycles. The number of rotatable bonds is 2. The Labute approximate surface area is 90.5 Å². The highest BCUT2D eigenvalue weighted by Crippen LogP contribution is 1.98. The molecule has 0 aromatic rings. The topological polar surface area (TPSA) is 92.8 Å². The molecule has 90 valence electrons. The molecule has 0 saturated carbocycles. The van der Waals surface area contributed by atoms with Gasteiger partial charge in [0.1, 0.15) is 0 Å². The molecule has 1 heterocycles. The number of primary amides is 1. The van der Waals surface area contributed by atoms with Gasteiger partial charge in [-0.25, -0.2) is 0 Å². The average Bonchev–Trinajstić information content (AvgIpc) is 2.76. The molecule has 0 atom stereocenters. The summed E-state index contributed by atoms with van der Waals surface area (Å²) in [6.45, 7) is 6.60. The SMILES string of the molecule is C1CCOC1.C=C(C)C(N)=O.OCCO. The van der Waals surface area contributed by atoms with E-state index < -0.39 is 5.91 Å². The summed E-state index contributed by atoms with van der Waals surface area (Å²) in [5, 5.41) is 15.2. The molecule has 0 bridgehead atoms. The van der Waals surface area contributed by atoms with E-state index >= 15 is 0 Å². The van der Waals surface area contributed by atoms with Crippen molar-refractivity contribution in [2.45, 2.75) is 19.8 Å². The molecule has 1 fully saturated rings. The van der Waals surface area contributed by atoms with E-state index in [4.69, 9.17) is 20.7 Å². The molecule has 0 aromatic heterocycles. The van der Waals surface area contributed by atoms with Crippen molar-refractivity contribution < 1.29 is 19.7 Å². The molecular formula is C10H21NO4. The number of carbonyl (C=O) groups excluding carboxylic acids is 1. The molecule has 5 heteroatoms. The first-order chi connectivity index (χ1) is 7.06. The largest absolute Gasteiger partial charge is 0.394 e. The number of carbonyl (C=O) groups is 1. The Morgan fingerprint density at radius 1 is 1.33 bits per heavy atom. The standard InChI is InChI=1S/C4H7NO.C4H8O.C2H6O2/c1-3(2)4(5)6;1-2-4-5-3-1;3-1-2-4/h1H2,2H3,(H2,5,6);1-4H2;3-4H,1-2H2. The van der Waals surface area contributed by atoms with E-state index in [2.05, 4.69) is 6.58 Å². The van der Waals surface area contributed by atoms with Crippen molar-refractivity contribution in [3.63, 3.8) is 0 Å². The quantitative estimate of drug-likeness (QED) is 0.561. The molecule has 5 nitrogen and oxygen atoms in total. The lowest BCUT2D eigenvalue weighted by Gasteiger charge is -1.81. The van der Waals surface area contributed by atoms with Crippen molar-refractivity contribution in [1.82, 2.24) is 0 Å². The van der Waals surface area contributed by atoms with Gasteiger partial charge in [-0.05, 0) is 19.8 Å². The summed E-state index contributed by atoms with van der Waals surface area (Å²) in [5.41, 5.74) is 5.09. The fraction of sp³-hybridized carbons (Fsp3) is 0.700. The summed E-state index contributed by atoms with van der Waals surface area (Å²) < 4.78 is 4.94. The smallest absolute Gasteiger partial charge is 0.243 e. The Bertz CT molecular complexity index is 145. The Morgan fingerprint density at radius 3 is 1.73 bits per heavy atom. The molecule has 0 radical (unpaired) electrons. The number of hydrogen-bond acceptors (Lipinski definition) is 4. The predicted molar refractivity (Wildman–Crippen MR) is 58.2 cm³/mol. The molecule has 15 heavy (non-hydrogen) atoms. The van der Waals surface area contributed by atoms with Crippen LogP contribution in [0.2, 0.25) is 0 Å². The molecule has 0 unspecified atom stereocenters. The number of aliphatic hydroxyl groups is 2. The zero-order chi connectivity index (χ0) is 12.1. The van der Waals surface area contributed by atoms with Crippen LogP contribution in [0.15, 0.2) is 12.2 Å². The highest BCUT2D eigenvalue weighted by atomic mass is 16.5. The van der Waals surface area contributed by atoms with Crippen LogP contribution in [0.1, 0.15) is 19.8 Å². The fourth-order valence-electron chi connectivity index (χ4n) is 0.510. The van der Waals surface area contributed by atoms with E-state index in [9.17, 15) is 4.79 Å². The van der Waals surface area contributed by atoms with Crippen LogP contribution in [0.5, 0.6) is 0 Å². The third-order valence-electron chi connectivity index (χ3n) is 1.35. The minimum Gasteiger partial charge on any atom is -0.394 e. The zero-order valence-electron chi connectivity index (χ0n) is 9.24. The molecule has 0 aliphatic carbocycles. The molecule has 1 rings (SSSR count). The first kappa shape index (κ1) is 16.5. The Kier molecular flexibility index (Phi) is 14.4. The van der Waals surface area contributed by atoms with E-state index in [1.54, 1.807) is 6.92 Å². The van der Waals surface area contributed by atoms with Gasteiger partial charge in [0, 0.05) is 18.8 Å². The van der Waals surface area contributed by atoms with Crippen LogP contribution in [-0.4, -0.2) is 42.5 Å². The summed E-state index contributed by atoms with van der Waals surface area (Å²) in [6, 6.07) is 0. The first-order valence-electron chi connectivity index (χ1n) is 4.81. The van der Waals surface area contributed by atoms with Gasteiger partial charge in [0.05, 0.1) is 13.2 Å². The van der Waals surface area contributed by atoms with Crippen molar-refractivity contribution in [2.75, 3.05) is 26.4 Å². The summed E-state index contributed by atoms with van der Waals surface area (Å²) >= 11 is 0. The van der Waals surface area contributed by atoms with Crippen molar-refractivity contribution in [3.8, 4) is 0 Å². The van der Waals surface area contributed by atoms with Gasteiger partial charge in [0.25, 0.3) is 0 Å². The molecule has 1 saturated heterocycles. The number of ether oxygens (including phenoxy) is 1. The lowest BCUT2D eigenvalue weighted by Crippen LogP contribution is -2.10. The van der Waals surface area contributed by atoms with E-state index in [1.165, 1.54) is 12.8 Å². The monoisotopic (exact) mass is 219 g/mol. The second kappa shape index (κ2) is 13.1. The van der Waals surface area contributed by atoms with E-state index in [0.717, 1.165) is 13.2 Å². The molecule has 1 amide bonds. The number of amides is 1. The maximum absolute atomic E-state index is 9.82. The third-order valence-corrected chi connectivity index (χ3v) is 1.35. The van der Waals surface area contributed by atoms with Crippen molar-refractivity contribution >= 4 is 5.91 Å². The minimum atomic E-state index is -0.435. The van der Waals surface area contributed by atoms with Gasteiger partial charge in [-0.15, -0.1) is 0 Å². The van der Waals surface area contributed by atoms with E-state index in [1.807, 2.05) is 0 Å². The Hall–Kier alpha value is -0.910. The lowest BCUT2D eigenvalue weighted by atomic mass is 10.3. The van der Waals surface area contributed by atoms with Crippen LogP contribution in [0.25, 0.3) is 0 Å². The Balaban J connectivity index is 0. The van der Waals surface area contributed by atoms with Gasteiger partial charge in [-0.2, -0.15) is 0 Å². The third kappa shape index (κ3) is 19.5. The Morgan fingerprint density at radius 2 is 1.67 bits per heavy atom. The highest BCUT2D eigenvalue weighted by Gasteiger charge is 1.94. The van der Waals surface area contributed by atoms with Crippen molar-refractivity contribution in [2.24, 2.45) is 5.73 Å². The first-order valence-corrected chi connectivity index (χ1v) is 4.81. The van der Waals surface area contributed by atoms with Crippen LogP contribution in [0.4, 0.5) is 0 Å². The maximum Gasteiger partial charge on any atom is 0.243 e. The molecule has 4 N–H and O–H groups in total. The molecule has 0 spiro atoms. The normalized spacial score (nSPS) is 13.0. The van der Waals surface area contributed by atoms with Crippen LogP contribution < -0.4 is 5.73 Å². The zero-order valence-corrected chi connectivity index (χ0v) is 9.24. The van der Waals surface area contributed by atoms with E-state index in [0.29, 0.717) is 5.57 Å². The number of aliphatic hydroxyl groups excluding tert-OH is 2. The summed E-state index contributed by atoms with van der Waals surface area (Å²) in [7, 11) is 0. The van der Waals surface area contributed by atoms with Crippen molar-refractivity contribution in [3.05, 3.63) is 12.2 Å². The van der Waals surface area contributed by atoms with Crippen molar-refractivity contribution in [1.29, 1.82) is 0 Å². The van der Waals surface area contributed by atoms with Gasteiger partial charge in [-0.1, -0.05) is 6.58 Å². The summed E-state index contributed by atoms with van der Waals surface area (Å²) in [4.78, 5) is 9.82. The van der Waals surface area contributed by atoms with E-state index in [-0.39, 0.29) is 13.2 Å². The number of nitrogens with two attached hydrogens (primary N) is 1. The van der Waals surface area contributed by atoms with Crippen LogP contribution in [-0.2, 0) is 9.53 Å². The molecular weight excluding hydrogens is 198 g/mol. The van der Waals surface area contributed by atoms with Gasteiger partial charge in [0.15, 0.2) is 0 Å². The van der Waals surface area contributed by atoms with Crippen LogP contribution >= 0.6 is 0 Å². The van der Waals surface area contributed by atoms with Gasteiger partial charge < -0.3 is 20.7 Å². The fourth-order valence-corrected chi connectivity index (χ4v) is 0.510. The van der Waals surface area contributed by atoms with Gasteiger partial charge in [0.2, 0.25) is 5.91 Å². The molecule has 0 aromatic carbocycles. The molecule has 1 aliphatic rings. The lowest BCUT2D eigenvalue weighted by molar-refractivity contribution is -0.114. The van der Waals surface area contributed by atoms with Crippen LogP contribution in [0, 0.1) is 0 Å².